The van der Waals surface area contributed by atoms with Crippen LogP contribution in [0.25, 0.3) is 11.0 Å². The Morgan fingerprint density at radius 1 is 1.28 bits per heavy atom. The summed E-state index contributed by atoms with van der Waals surface area (Å²) in [6.45, 7) is 6.22. The van der Waals surface area contributed by atoms with E-state index in [4.69, 9.17) is 4.98 Å². The van der Waals surface area contributed by atoms with Crippen molar-refractivity contribution in [3.05, 3.63) is 22.2 Å². The van der Waals surface area contributed by atoms with Crippen LogP contribution >= 0.6 is 15.9 Å². The van der Waals surface area contributed by atoms with Crippen LogP contribution < -0.4 is 10.2 Å². The third-order valence-corrected chi connectivity index (χ3v) is 4.07. The van der Waals surface area contributed by atoms with Crippen molar-refractivity contribution < 1.29 is 0 Å². The van der Waals surface area contributed by atoms with Crippen molar-refractivity contribution in [3.63, 3.8) is 0 Å². The zero-order valence-corrected chi connectivity index (χ0v) is 12.3. The SMILES string of the molecule is Cc1cc(Br)c2nc(N3CCNCC3)n(C)c2c1. The van der Waals surface area contributed by atoms with Crippen LogP contribution in [0.3, 0.4) is 0 Å². The predicted molar refractivity (Wildman–Crippen MR) is 78.2 cm³/mol. The molecule has 2 heterocycles. The summed E-state index contributed by atoms with van der Waals surface area (Å²) in [5.41, 5.74) is 3.50. The van der Waals surface area contributed by atoms with E-state index in [0.717, 1.165) is 42.1 Å². The number of aryl methyl sites for hydroxylation is 2. The van der Waals surface area contributed by atoms with Crippen LogP contribution in [0, 0.1) is 6.92 Å². The summed E-state index contributed by atoms with van der Waals surface area (Å²) in [6.07, 6.45) is 0. The van der Waals surface area contributed by atoms with Gasteiger partial charge in [-0.3, -0.25) is 0 Å². The lowest BCUT2D eigenvalue weighted by Gasteiger charge is -2.28. The molecule has 1 aromatic heterocycles. The van der Waals surface area contributed by atoms with Crippen molar-refractivity contribution in [3.8, 4) is 0 Å². The molecular formula is C13H17BrN4. The molecule has 5 heteroatoms. The molecule has 4 nitrogen and oxygen atoms in total. The fraction of sp³-hybridized carbons (Fsp3) is 0.462. The summed E-state index contributed by atoms with van der Waals surface area (Å²) < 4.78 is 3.27. The number of piperazine rings is 1. The van der Waals surface area contributed by atoms with Crippen LogP contribution in [0.1, 0.15) is 5.56 Å². The molecule has 3 rings (SSSR count). The van der Waals surface area contributed by atoms with E-state index < -0.39 is 0 Å². The highest BCUT2D eigenvalue weighted by atomic mass is 79.9. The Morgan fingerprint density at radius 2 is 2.00 bits per heavy atom. The lowest BCUT2D eigenvalue weighted by Crippen LogP contribution is -2.44. The van der Waals surface area contributed by atoms with Gasteiger partial charge in [0.1, 0.15) is 5.52 Å². The smallest absolute Gasteiger partial charge is 0.206 e. The number of nitrogens with zero attached hydrogens (tertiary/aromatic N) is 3. The Bertz CT molecular complexity index is 584. The Morgan fingerprint density at radius 3 is 2.72 bits per heavy atom. The third kappa shape index (κ3) is 1.91. The van der Waals surface area contributed by atoms with Gasteiger partial charge < -0.3 is 14.8 Å². The second-order valence-corrected chi connectivity index (χ2v) is 5.68. The Balaban J connectivity index is 2.13. The molecular weight excluding hydrogens is 292 g/mol. The molecule has 1 aliphatic rings. The summed E-state index contributed by atoms with van der Waals surface area (Å²) in [6, 6.07) is 4.32. The zero-order chi connectivity index (χ0) is 12.7. The van der Waals surface area contributed by atoms with Crippen molar-refractivity contribution in [2.75, 3.05) is 31.1 Å². The second-order valence-electron chi connectivity index (χ2n) is 4.82. The van der Waals surface area contributed by atoms with Crippen LogP contribution in [0.5, 0.6) is 0 Å². The van der Waals surface area contributed by atoms with E-state index in [1.807, 2.05) is 0 Å². The lowest BCUT2D eigenvalue weighted by atomic mass is 10.2. The molecule has 18 heavy (non-hydrogen) atoms. The number of anilines is 1. The molecule has 0 amide bonds. The monoisotopic (exact) mass is 308 g/mol. The molecule has 2 aromatic rings. The molecule has 0 aliphatic carbocycles. The summed E-state index contributed by atoms with van der Waals surface area (Å²) in [5.74, 6) is 1.07. The van der Waals surface area contributed by atoms with Crippen LogP contribution in [-0.4, -0.2) is 35.7 Å². The predicted octanol–water partition coefficient (Wildman–Crippen LogP) is 2.05. The molecule has 1 aromatic carbocycles. The number of fused-ring (bicyclic) bond motifs is 1. The first-order valence-corrected chi connectivity index (χ1v) is 7.04. The molecule has 0 saturated carbocycles. The molecule has 0 atom stereocenters. The fourth-order valence-electron chi connectivity index (χ4n) is 2.51. The molecule has 96 valence electrons. The van der Waals surface area contributed by atoms with Crippen molar-refractivity contribution in [2.45, 2.75) is 6.92 Å². The van der Waals surface area contributed by atoms with E-state index in [1.165, 1.54) is 11.1 Å². The Labute approximate surface area is 115 Å². The van der Waals surface area contributed by atoms with Gasteiger partial charge in [0.25, 0.3) is 0 Å². The lowest BCUT2D eigenvalue weighted by molar-refractivity contribution is 0.575. The number of benzene rings is 1. The quantitative estimate of drug-likeness (QED) is 0.875. The van der Waals surface area contributed by atoms with Crippen molar-refractivity contribution >= 4 is 32.9 Å². The minimum Gasteiger partial charge on any atom is -0.340 e. The molecule has 1 saturated heterocycles. The van der Waals surface area contributed by atoms with Gasteiger partial charge in [-0.25, -0.2) is 4.98 Å². The summed E-state index contributed by atoms with van der Waals surface area (Å²) >= 11 is 3.61. The molecule has 1 fully saturated rings. The topological polar surface area (TPSA) is 33.1 Å². The van der Waals surface area contributed by atoms with E-state index in [2.05, 4.69) is 56.8 Å². The van der Waals surface area contributed by atoms with Crippen molar-refractivity contribution in [1.29, 1.82) is 0 Å². The summed E-state index contributed by atoms with van der Waals surface area (Å²) in [4.78, 5) is 7.14. The first kappa shape index (κ1) is 12.0. The fourth-order valence-corrected chi connectivity index (χ4v) is 3.17. The number of hydrogen-bond donors (Lipinski definition) is 1. The van der Waals surface area contributed by atoms with Gasteiger partial charge in [0.05, 0.1) is 5.52 Å². The molecule has 0 unspecified atom stereocenters. The van der Waals surface area contributed by atoms with Gasteiger partial charge >= 0.3 is 0 Å². The Kier molecular flexibility index (Phi) is 3.03. The normalized spacial score (nSPS) is 16.5. The van der Waals surface area contributed by atoms with Gasteiger partial charge in [0.2, 0.25) is 5.95 Å². The van der Waals surface area contributed by atoms with Gasteiger partial charge in [-0.1, -0.05) is 0 Å². The van der Waals surface area contributed by atoms with Gasteiger partial charge in [0, 0.05) is 37.7 Å². The highest BCUT2D eigenvalue weighted by molar-refractivity contribution is 9.10. The molecule has 0 spiro atoms. The second kappa shape index (κ2) is 4.55. The highest BCUT2D eigenvalue weighted by Crippen LogP contribution is 2.28. The largest absolute Gasteiger partial charge is 0.340 e. The maximum atomic E-state index is 4.79. The zero-order valence-electron chi connectivity index (χ0n) is 10.7. The molecule has 0 radical (unpaired) electrons. The highest BCUT2D eigenvalue weighted by Gasteiger charge is 2.18. The average molecular weight is 309 g/mol. The van der Waals surface area contributed by atoms with Crippen molar-refractivity contribution in [1.82, 2.24) is 14.9 Å². The van der Waals surface area contributed by atoms with E-state index in [-0.39, 0.29) is 0 Å². The van der Waals surface area contributed by atoms with Crippen LogP contribution in [0.2, 0.25) is 0 Å². The molecule has 1 aliphatic heterocycles. The van der Waals surface area contributed by atoms with Gasteiger partial charge in [0.15, 0.2) is 0 Å². The number of halogens is 1. The summed E-state index contributed by atoms with van der Waals surface area (Å²) in [7, 11) is 2.10. The number of hydrogen-bond acceptors (Lipinski definition) is 3. The maximum absolute atomic E-state index is 4.79. The standard InChI is InChI=1S/C13H17BrN4/c1-9-7-10(14)12-11(8-9)17(2)13(16-12)18-5-3-15-4-6-18/h7-8,15H,3-6H2,1-2H3. The van der Waals surface area contributed by atoms with E-state index >= 15 is 0 Å². The molecule has 1 N–H and O–H groups in total. The minimum atomic E-state index is 1.02. The molecule has 0 bridgehead atoms. The van der Waals surface area contributed by atoms with Gasteiger partial charge in [-0.05, 0) is 40.5 Å². The van der Waals surface area contributed by atoms with Crippen LogP contribution in [-0.2, 0) is 7.05 Å². The van der Waals surface area contributed by atoms with E-state index in [9.17, 15) is 0 Å². The van der Waals surface area contributed by atoms with E-state index in [1.54, 1.807) is 0 Å². The third-order valence-electron chi connectivity index (χ3n) is 3.46. The van der Waals surface area contributed by atoms with E-state index in [0.29, 0.717) is 0 Å². The number of nitrogens with one attached hydrogen (secondary N) is 1. The first-order chi connectivity index (χ1) is 8.66. The average Bonchev–Trinajstić information content (AvgIpc) is 2.69. The van der Waals surface area contributed by atoms with Crippen molar-refractivity contribution in [2.24, 2.45) is 7.05 Å². The summed E-state index contributed by atoms with van der Waals surface area (Å²) in [5, 5.41) is 3.37. The number of aromatic nitrogens is 2. The van der Waals surface area contributed by atoms with Gasteiger partial charge in [-0.2, -0.15) is 0 Å². The minimum absolute atomic E-state index is 1.02. The van der Waals surface area contributed by atoms with Crippen LogP contribution in [0.4, 0.5) is 5.95 Å². The number of imidazole rings is 1. The number of rotatable bonds is 1. The Hall–Kier alpha value is -1.07. The van der Waals surface area contributed by atoms with Gasteiger partial charge in [-0.15, -0.1) is 0 Å². The maximum Gasteiger partial charge on any atom is 0.206 e. The van der Waals surface area contributed by atoms with Crippen LogP contribution in [0.15, 0.2) is 16.6 Å². The first-order valence-electron chi connectivity index (χ1n) is 6.25.